The topological polar surface area (TPSA) is 82.8 Å². The minimum Gasteiger partial charge on any atom is -0.306 e. The lowest BCUT2D eigenvalue weighted by Gasteiger charge is -2.08. The quantitative estimate of drug-likeness (QED) is 0.838. The first-order valence-electron chi connectivity index (χ1n) is 4.89. The molecule has 2 rings (SSSR count). The summed E-state index contributed by atoms with van der Waals surface area (Å²) in [7, 11) is -3.05. The highest BCUT2D eigenvalue weighted by Gasteiger charge is 2.15. The number of nitrogens with one attached hydrogen (secondary N) is 2. The number of hydrogen-bond acceptors (Lipinski definition) is 3. The molecule has 0 aliphatic heterocycles. The number of aromatic amines is 2. The highest BCUT2D eigenvalue weighted by Crippen LogP contribution is 2.26. The molecule has 0 spiro atoms. The average molecular weight is 319 g/mol. The van der Waals surface area contributed by atoms with Crippen LogP contribution >= 0.6 is 15.9 Å². The number of H-pyrrole nitrogens is 2. The molecule has 0 saturated heterocycles. The second-order valence-electron chi connectivity index (χ2n) is 3.94. The molecule has 92 valence electrons. The predicted octanol–water partition coefficient (Wildman–Crippen LogP) is 1.34. The molecule has 1 aromatic heterocycles. The van der Waals surface area contributed by atoms with Crippen molar-refractivity contribution in [2.24, 2.45) is 0 Å². The molecular formula is C10H11BrN2O3S. The molecule has 2 aromatic rings. The molecule has 1 atom stereocenters. The number of alkyl halides is 1. The molecule has 7 heteroatoms. The summed E-state index contributed by atoms with van der Waals surface area (Å²) >= 11 is 3.33. The fourth-order valence-electron chi connectivity index (χ4n) is 1.61. The number of fused-ring (bicyclic) bond motifs is 1. The Balaban J connectivity index is 2.39. The maximum Gasteiger partial charge on any atom is 0.323 e. The normalized spacial score (nSPS) is 14.0. The number of imidazole rings is 1. The Bertz CT molecular complexity index is 702. The molecule has 1 unspecified atom stereocenters. The van der Waals surface area contributed by atoms with Gasteiger partial charge in [-0.15, -0.1) is 0 Å². The Kier molecular flexibility index (Phi) is 3.13. The molecule has 0 bridgehead atoms. The SMILES string of the molecule is CS(=O)(=O)CC(Br)c1ccc2[nH]c(=O)[nH]c2c1. The van der Waals surface area contributed by atoms with Crippen molar-refractivity contribution < 1.29 is 8.42 Å². The number of aromatic nitrogens is 2. The summed E-state index contributed by atoms with van der Waals surface area (Å²) in [5.41, 5.74) is 1.92. The molecule has 1 heterocycles. The van der Waals surface area contributed by atoms with Gasteiger partial charge in [0.05, 0.1) is 21.6 Å². The van der Waals surface area contributed by atoms with E-state index in [1.807, 2.05) is 0 Å². The van der Waals surface area contributed by atoms with Crippen LogP contribution in [0, 0.1) is 0 Å². The first-order chi connectivity index (χ1) is 7.85. The van der Waals surface area contributed by atoms with E-state index >= 15 is 0 Å². The maximum absolute atomic E-state index is 11.2. The van der Waals surface area contributed by atoms with Crippen molar-refractivity contribution in [1.29, 1.82) is 0 Å². The van der Waals surface area contributed by atoms with E-state index in [4.69, 9.17) is 0 Å². The lowest BCUT2D eigenvalue weighted by molar-refractivity contribution is 0.601. The molecule has 0 aliphatic rings. The van der Waals surface area contributed by atoms with Crippen LogP contribution in [0.4, 0.5) is 0 Å². The van der Waals surface area contributed by atoms with Crippen molar-refractivity contribution in [3.8, 4) is 0 Å². The highest BCUT2D eigenvalue weighted by atomic mass is 79.9. The number of rotatable bonds is 3. The van der Waals surface area contributed by atoms with E-state index in [2.05, 4.69) is 25.9 Å². The molecule has 0 saturated carbocycles. The summed E-state index contributed by atoms with van der Waals surface area (Å²) in [4.78, 5) is 16.1. The van der Waals surface area contributed by atoms with Crippen molar-refractivity contribution >= 4 is 36.8 Å². The largest absolute Gasteiger partial charge is 0.323 e. The minimum atomic E-state index is -3.05. The third-order valence-corrected chi connectivity index (χ3v) is 4.57. The van der Waals surface area contributed by atoms with E-state index in [-0.39, 0.29) is 16.3 Å². The van der Waals surface area contributed by atoms with Gasteiger partial charge in [0, 0.05) is 6.26 Å². The third kappa shape index (κ3) is 2.98. The van der Waals surface area contributed by atoms with Crippen LogP contribution in [-0.2, 0) is 9.84 Å². The monoisotopic (exact) mass is 318 g/mol. The predicted molar refractivity (Wildman–Crippen MR) is 70.3 cm³/mol. The van der Waals surface area contributed by atoms with Gasteiger partial charge in [-0.2, -0.15) is 0 Å². The molecule has 0 fully saturated rings. The summed E-state index contributed by atoms with van der Waals surface area (Å²) in [6.45, 7) is 0. The standard InChI is InChI=1S/C10H11BrN2O3S/c1-17(15,16)5-7(11)6-2-3-8-9(4-6)13-10(14)12-8/h2-4,7H,5H2,1H3,(H2,12,13,14). The van der Waals surface area contributed by atoms with Gasteiger partial charge < -0.3 is 9.97 Å². The lowest BCUT2D eigenvalue weighted by Crippen LogP contribution is -2.08. The van der Waals surface area contributed by atoms with Crippen LogP contribution in [0.2, 0.25) is 0 Å². The van der Waals surface area contributed by atoms with Crippen molar-refractivity contribution in [1.82, 2.24) is 9.97 Å². The van der Waals surface area contributed by atoms with Gasteiger partial charge in [-0.3, -0.25) is 0 Å². The molecular weight excluding hydrogens is 308 g/mol. The zero-order chi connectivity index (χ0) is 12.6. The molecule has 2 N–H and O–H groups in total. The van der Waals surface area contributed by atoms with Gasteiger partial charge in [0.1, 0.15) is 9.84 Å². The van der Waals surface area contributed by atoms with Crippen LogP contribution in [0.3, 0.4) is 0 Å². The van der Waals surface area contributed by atoms with Gasteiger partial charge in [0.15, 0.2) is 0 Å². The van der Waals surface area contributed by atoms with Crippen molar-refractivity contribution in [3.05, 3.63) is 34.2 Å². The first-order valence-corrected chi connectivity index (χ1v) is 7.86. The van der Waals surface area contributed by atoms with Crippen molar-refractivity contribution in [3.63, 3.8) is 0 Å². The minimum absolute atomic E-state index is 0.0210. The zero-order valence-electron chi connectivity index (χ0n) is 9.03. The fraction of sp³-hybridized carbons (Fsp3) is 0.300. The summed E-state index contributed by atoms with van der Waals surface area (Å²) < 4.78 is 22.4. The van der Waals surface area contributed by atoms with Crippen LogP contribution in [0.25, 0.3) is 11.0 Å². The van der Waals surface area contributed by atoms with Crippen molar-refractivity contribution in [2.75, 3.05) is 12.0 Å². The molecule has 0 aliphatic carbocycles. The van der Waals surface area contributed by atoms with Crippen LogP contribution in [0.5, 0.6) is 0 Å². The molecule has 5 nitrogen and oxygen atoms in total. The van der Waals surface area contributed by atoms with E-state index in [1.165, 1.54) is 6.26 Å². The third-order valence-electron chi connectivity index (χ3n) is 2.35. The van der Waals surface area contributed by atoms with Gasteiger partial charge in [0.2, 0.25) is 0 Å². The van der Waals surface area contributed by atoms with Gasteiger partial charge in [-0.1, -0.05) is 22.0 Å². The van der Waals surface area contributed by atoms with Crippen LogP contribution in [0.15, 0.2) is 23.0 Å². The summed E-state index contributed by atoms with van der Waals surface area (Å²) in [5.74, 6) is 0.0210. The molecule has 0 radical (unpaired) electrons. The first kappa shape index (κ1) is 12.4. The van der Waals surface area contributed by atoms with Gasteiger partial charge in [-0.05, 0) is 17.7 Å². The van der Waals surface area contributed by atoms with E-state index in [9.17, 15) is 13.2 Å². The van der Waals surface area contributed by atoms with E-state index in [1.54, 1.807) is 18.2 Å². The van der Waals surface area contributed by atoms with Crippen LogP contribution in [0.1, 0.15) is 10.4 Å². The van der Waals surface area contributed by atoms with Crippen molar-refractivity contribution in [2.45, 2.75) is 4.83 Å². The van der Waals surface area contributed by atoms with E-state index in [0.29, 0.717) is 11.0 Å². The van der Waals surface area contributed by atoms with Crippen LogP contribution in [-0.4, -0.2) is 30.4 Å². The van der Waals surface area contributed by atoms with E-state index in [0.717, 1.165) is 5.56 Å². The Hall–Kier alpha value is -1.08. The second-order valence-corrected chi connectivity index (χ2v) is 7.23. The van der Waals surface area contributed by atoms with Gasteiger partial charge in [-0.25, -0.2) is 13.2 Å². The maximum atomic E-state index is 11.2. The molecule has 17 heavy (non-hydrogen) atoms. The van der Waals surface area contributed by atoms with Gasteiger partial charge in [0.25, 0.3) is 0 Å². The Morgan fingerprint density at radius 2 is 1.94 bits per heavy atom. The average Bonchev–Trinajstić information content (AvgIpc) is 2.53. The summed E-state index contributed by atoms with van der Waals surface area (Å²) in [6.07, 6.45) is 1.19. The second kappa shape index (κ2) is 4.30. The van der Waals surface area contributed by atoms with Crippen LogP contribution < -0.4 is 5.69 Å². The number of hydrogen-bond donors (Lipinski definition) is 2. The van der Waals surface area contributed by atoms with E-state index < -0.39 is 9.84 Å². The Morgan fingerprint density at radius 1 is 1.29 bits per heavy atom. The molecule has 0 amide bonds. The smallest absolute Gasteiger partial charge is 0.306 e. The number of halogens is 1. The fourth-order valence-corrected chi connectivity index (χ4v) is 4.06. The van der Waals surface area contributed by atoms with Gasteiger partial charge >= 0.3 is 5.69 Å². The zero-order valence-corrected chi connectivity index (χ0v) is 11.4. The Labute approximate surface area is 106 Å². The lowest BCUT2D eigenvalue weighted by atomic mass is 10.1. The summed E-state index contributed by atoms with van der Waals surface area (Å²) in [6, 6.07) is 5.30. The summed E-state index contributed by atoms with van der Waals surface area (Å²) in [5, 5.41) is 0. The molecule has 1 aromatic carbocycles. The number of sulfone groups is 1. The Morgan fingerprint density at radius 3 is 2.59 bits per heavy atom. The highest BCUT2D eigenvalue weighted by molar-refractivity contribution is 9.09. The number of benzene rings is 1.